The number of hydrogen-bond donors (Lipinski definition) is 2. The van der Waals surface area contributed by atoms with Crippen molar-refractivity contribution in [2.75, 3.05) is 17.2 Å². The topological polar surface area (TPSA) is 62.7 Å². The van der Waals surface area contributed by atoms with Crippen LogP contribution in [0.2, 0.25) is 0 Å². The maximum absolute atomic E-state index is 4.34. The molecule has 0 radical (unpaired) electrons. The van der Waals surface area contributed by atoms with Gasteiger partial charge in [0.15, 0.2) is 0 Å². The first-order valence-electron chi connectivity index (χ1n) is 7.06. The van der Waals surface area contributed by atoms with Crippen molar-refractivity contribution in [3.8, 4) is 0 Å². The fraction of sp³-hybridized carbons (Fsp3) is 0.400. The molecule has 2 aromatic rings. The first kappa shape index (κ1) is 14.2. The van der Waals surface area contributed by atoms with Crippen molar-refractivity contribution in [3.05, 3.63) is 42.0 Å². The summed E-state index contributed by atoms with van der Waals surface area (Å²) in [6, 6.07) is 5.90. The highest BCUT2D eigenvalue weighted by atomic mass is 15.1. The van der Waals surface area contributed by atoms with Gasteiger partial charge in [0.1, 0.15) is 18.0 Å². The fourth-order valence-electron chi connectivity index (χ4n) is 1.97. The minimum absolute atomic E-state index is 0.665. The van der Waals surface area contributed by atoms with E-state index in [1.54, 1.807) is 12.5 Å². The lowest BCUT2D eigenvalue weighted by molar-refractivity contribution is 0.940. The van der Waals surface area contributed by atoms with Gasteiger partial charge in [0.05, 0.1) is 12.2 Å². The van der Waals surface area contributed by atoms with Crippen LogP contribution in [0, 0.1) is 0 Å². The number of rotatable bonds is 7. The molecule has 0 aromatic carbocycles. The SMILES string of the molecule is CCCNc1ncnc(NCc2ccccn2)c1CC. The second-order valence-corrected chi connectivity index (χ2v) is 4.50. The molecule has 5 heteroatoms. The third-order valence-corrected chi connectivity index (χ3v) is 3.00. The van der Waals surface area contributed by atoms with E-state index in [-0.39, 0.29) is 0 Å². The van der Waals surface area contributed by atoms with E-state index in [2.05, 4.69) is 39.4 Å². The highest BCUT2D eigenvalue weighted by Crippen LogP contribution is 2.20. The molecule has 2 rings (SSSR count). The largest absolute Gasteiger partial charge is 0.370 e. The van der Waals surface area contributed by atoms with Crippen LogP contribution in [0.5, 0.6) is 0 Å². The van der Waals surface area contributed by atoms with Crippen molar-refractivity contribution in [1.82, 2.24) is 15.0 Å². The summed E-state index contributed by atoms with van der Waals surface area (Å²) in [7, 11) is 0. The zero-order chi connectivity index (χ0) is 14.2. The summed E-state index contributed by atoms with van der Waals surface area (Å²) in [5.74, 6) is 1.81. The molecule has 20 heavy (non-hydrogen) atoms. The van der Waals surface area contributed by atoms with Crippen molar-refractivity contribution >= 4 is 11.6 Å². The molecule has 0 aliphatic rings. The van der Waals surface area contributed by atoms with Crippen LogP contribution in [0.25, 0.3) is 0 Å². The predicted molar refractivity (Wildman–Crippen MR) is 81.8 cm³/mol. The fourth-order valence-corrected chi connectivity index (χ4v) is 1.97. The van der Waals surface area contributed by atoms with Gasteiger partial charge in [0.2, 0.25) is 0 Å². The molecule has 0 fully saturated rings. The van der Waals surface area contributed by atoms with Gasteiger partial charge < -0.3 is 10.6 Å². The van der Waals surface area contributed by atoms with Crippen LogP contribution in [0.4, 0.5) is 11.6 Å². The van der Waals surface area contributed by atoms with Crippen LogP contribution < -0.4 is 10.6 Å². The van der Waals surface area contributed by atoms with Gasteiger partial charge >= 0.3 is 0 Å². The van der Waals surface area contributed by atoms with Crippen LogP contribution in [0.15, 0.2) is 30.7 Å². The Morgan fingerprint density at radius 2 is 1.80 bits per heavy atom. The average Bonchev–Trinajstić information content (AvgIpc) is 2.51. The molecule has 0 aliphatic heterocycles. The van der Waals surface area contributed by atoms with Gasteiger partial charge in [0, 0.05) is 18.3 Å². The summed E-state index contributed by atoms with van der Waals surface area (Å²) in [4.78, 5) is 13.0. The second kappa shape index (κ2) is 7.43. The lowest BCUT2D eigenvalue weighted by Crippen LogP contribution is -2.10. The third kappa shape index (κ3) is 3.66. The quantitative estimate of drug-likeness (QED) is 0.810. The van der Waals surface area contributed by atoms with Gasteiger partial charge in [-0.3, -0.25) is 4.98 Å². The van der Waals surface area contributed by atoms with Crippen molar-refractivity contribution in [2.24, 2.45) is 0 Å². The number of hydrogen-bond acceptors (Lipinski definition) is 5. The zero-order valence-electron chi connectivity index (χ0n) is 12.1. The first-order chi connectivity index (χ1) is 9.85. The molecule has 0 saturated heterocycles. The number of aromatic nitrogens is 3. The molecule has 0 amide bonds. The highest BCUT2D eigenvalue weighted by Gasteiger charge is 2.09. The molecular formula is C15H21N5. The van der Waals surface area contributed by atoms with Gasteiger partial charge in [-0.1, -0.05) is 19.9 Å². The first-order valence-corrected chi connectivity index (χ1v) is 7.06. The monoisotopic (exact) mass is 271 g/mol. The Morgan fingerprint density at radius 3 is 2.45 bits per heavy atom. The molecule has 0 saturated carbocycles. The summed E-state index contributed by atoms with van der Waals surface area (Å²) in [6.07, 6.45) is 5.35. The second-order valence-electron chi connectivity index (χ2n) is 4.50. The Morgan fingerprint density at radius 1 is 1.00 bits per heavy atom. The van der Waals surface area contributed by atoms with Gasteiger partial charge in [0.25, 0.3) is 0 Å². The van der Waals surface area contributed by atoms with E-state index >= 15 is 0 Å². The molecular weight excluding hydrogens is 250 g/mol. The maximum Gasteiger partial charge on any atom is 0.135 e. The molecule has 2 aromatic heterocycles. The van der Waals surface area contributed by atoms with E-state index < -0.39 is 0 Å². The van der Waals surface area contributed by atoms with Crippen molar-refractivity contribution in [3.63, 3.8) is 0 Å². The van der Waals surface area contributed by atoms with E-state index in [1.807, 2.05) is 18.2 Å². The Kier molecular flexibility index (Phi) is 5.29. The summed E-state index contributed by atoms with van der Waals surface area (Å²) in [5.41, 5.74) is 2.12. The minimum Gasteiger partial charge on any atom is -0.370 e. The van der Waals surface area contributed by atoms with Crippen LogP contribution in [-0.4, -0.2) is 21.5 Å². The minimum atomic E-state index is 0.665. The summed E-state index contributed by atoms with van der Waals surface area (Å²) in [5, 5.41) is 6.69. The molecule has 5 nitrogen and oxygen atoms in total. The molecule has 106 valence electrons. The summed E-state index contributed by atoms with van der Waals surface area (Å²) >= 11 is 0. The smallest absolute Gasteiger partial charge is 0.135 e. The standard InChI is InChI=1S/C15H21N5/c1-3-8-17-14-13(4-2)15(20-11-19-14)18-10-12-7-5-6-9-16-12/h5-7,9,11H,3-4,8,10H2,1-2H3,(H2,17,18,19,20). The molecule has 0 aliphatic carbocycles. The van der Waals surface area contributed by atoms with Gasteiger partial charge in [-0.05, 0) is 25.0 Å². The van der Waals surface area contributed by atoms with Gasteiger partial charge in [-0.25, -0.2) is 9.97 Å². The van der Waals surface area contributed by atoms with Crippen molar-refractivity contribution in [2.45, 2.75) is 33.2 Å². The number of nitrogens with zero attached hydrogens (tertiary/aromatic N) is 3. The number of nitrogens with one attached hydrogen (secondary N) is 2. The summed E-state index contributed by atoms with van der Waals surface area (Å²) in [6.45, 7) is 5.84. The molecule has 0 atom stereocenters. The zero-order valence-corrected chi connectivity index (χ0v) is 12.1. The Bertz CT molecular complexity index is 527. The number of pyridine rings is 1. The van der Waals surface area contributed by atoms with Gasteiger partial charge in [-0.15, -0.1) is 0 Å². The predicted octanol–water partition coefficient (Wildman–Crippen LogP) is 2.87. The molecule has 2 N–H and O–H groups in total. The van der Waals surface area contributed by atoms with E-state index in [1.165, 1.54) is 0 Å². The summed E-state index contributed by atoms with van der Waals surface area (Å²) < 4.78 is 0. The third-order valence-electron chi connectivity index (χ3n) is 3.00. The van der Waals surface area contributed by atoms with E-state index in [9.17, 15) is 0 Å². The van der Waals surface area contributed by atoms with Crippen LogP contribution in [-0.2, 0) is 13.0 Å². The van der Waals surface area contributed by atoms with Crippen molar-refractivity contribution < 1.29 is 0 Å². The number of anilines is 2. The van der Waals surface area contributed by atoms with E-state index in [4.69, 9.17) is 0 Å². The lowest BCUT2D eigenvalue weighted by Gasteiger charge is -2.13. The van der Waals surface area contributed by atoms with Gasteiger partial charge in [-0.2, -0.15) is 0 Å². The highest BCUT2D eigenvalue weighted by molar-refractivity contribution is 5.57. The average molecular weight is 271 g/mol. The van der Waals surface area contributed by atoms with Crippen molar-refractivity contribution in [1.29, 1.82) is 0 Å². The van der Waals surface area contributed by atoms with E-state index in [0.29, 0.717) is 6.54 Å². The maximum atomic E-state index is 4.34. The van der Waals surface area contributed by atoms with Crippen LogP contribution in [0.1, 0.15) is 31.5 Å². The molecule has 2 heterocycles. The lowest BCUT2D eigenvalue weighted by atomic mass is 10.2. The Hall–Kier alpha value is -2.17. The molecule has 0 unspecified atom stereocenters. The Labute approximate surface area is 119 Å². The molecule has 0 bridgehead atoms. The normalized spacial score (nSPS) is 10.3. The van der Waals surface area contributed by atoms with Crippen LogP contribution >= 0.6 is 0 Å². The Balaban J connectivity index is 2.10. The van der Waals surface area contributed by atoms with E-state index in [0.717, 1.165) is 42.3 Å². The molecule has 0 spiro atoms. The van der Waals surface area contributed by atoms with Crippen LogP contribution in [0.3, 0.4) is 0 Å².